The summed E-state index contributed by atoms with van der Waals surface area (Å²) < 4.78 is 39.8. The van der Waals surface area contributed by atoms with Gasteiger partial charge < -0.3 is 10.2 Å². The van der Waals surface area contributed by atoms with Gasteiger partial charge in [-0.15, -0.1) is 0 Å². The highest BCUT2D eigenvalue weighted by Crippen LogP contribution is 2.38. The summed E-state index contributed by atoms with van der Waals surface area (Å²) in [6.07, 6.45) is -4.31. The number of benzene rings is 2. The molecule has 2 aromatic carbocycles. The van der Waals surface area contributed by atoms with Crippen molar-refractivity contribution in [1.82, 2.24) is 25.0 Å². The fourth-order valence-corrected chi connectivity index (χ4v) is 5.85. The summed E-state index contributed by atoms with van der Waals surface area (Å²) in [5.74, 6) is -0.234. The predicted octanol–water partition coefficient (Wildman–Crippen LogP) is 5.62. The topological polar surface area (TPSA) is 77.2 Å². The predicted molar refractivity (Wildman–Crippen MR) is 139 cm³/mol. The molecule has 7 nitrogen and oxygen atoms in total. The number of aromatic nitrogens is 3. The van der Waals surface area contributed by atoms with Gasteiger partial charge in [0, 0.05) is 53.6 Å². The molecule has 0 radical (unpaired) electrons. The molecule has 0 saturated carbocycles. The lowest BCUT2D eigenvalue weighted by Crippen LogP contribution is -2.48. The molecule has 0 spiro atoms. The number of halogens is 3. The number of hydrogen-bond acceptors (Lipinski definition) is 4. The Morgan fingerprint density at radius 3 is 2.47 bits per heavy atom. The fourth-order valence-electron chi connectivity index (χ4n) is 5.85. The average molecular weight is 521 g/mol. The quantitative estimate of drug-likeness (QED) is 0.366. The van der Waals surface area contributed by atoms with Gasteiger partial charge in [0.1, 0.15) is 5.69 Å². The standard InChI is InChI=1S/C28H27F3N6O/c1-16-8-19(9-17(2)32-16)26-21-10-20-12-37(27(38)33-23(20)11-24(21)34-35-26)25-14-36(15-28(29,30)31)13-22(25)18-6-4-3-5-7-18/h3-11,22,25H,12-15H2,1-2H3,(H,33,38)(H,34,35)/t22?,25-/m1/s1. The minimum Gasteiger partial charge on any atom is -0.315 e. The van der Waals surface area contributed by atoms with E-state index in [1.165, 1.54) is 4.90 Å². The summed E-state index contributed by atoms with van der Waals surface area (Å²) in [5, 5.41) is 11.5. The molecule has 2 aliphatic rings. The number of H-pyrrole nitrogens is 1. The van der Waals surface area contributed by atoms with E-state index in [4.69, 9.17) is 0 Å². The molecule has 196 valence electrons. The zero-order valence-corrected chi connectivity index (χ0v) is 21.0. The first-order chi connectivity index (χ1) is 18.1. The zero-order valence-electron chi connectivity index (χ0n) is 21.0. The van der Waals surface area contributed by atoms with Crippen LogP contribution < -0.4 is 5.32 Å². The van der Waals surface area contributed by atoms with Gasteiger partial charge in [0.25, 0.3) is 0 Å². The maximum absolute atomic E-state index is 13.3. The lowest BCUT2D eigenvalue weighted by molar-refractivity contribution is -0.143. The summed E-state index contributed by atoms with van der Waals surface area (Å²) in [6, 6.07) is 16.6. The number of fused-ring (bicyclic) bond motifs is 2. The summed E-state index contributed by atoms with van der Waals surface area (Å²) in [6.45, 7) is 3.56. The molecule has 1 unspecified atom stereocenters. The third-order valence-corrected chi connectivity index (χ3v) is 7.38. The Balaban J connectivity index is 1.35. The first-order valence-electron chi connectivity index (χ1n) is 12.5. The second kappa shape index (κ2) is 9.13. The lowest BCUT2D eigenvalue weighted by atomic mass is 9.92. The fraction of sp³-hybridized carbons (Fsp3) is 0.321. The van der Waals surface area contributed by atoms with Crippen molar-refractivity contribution in [2.24, 2.45) is 0 Å². The van der Waals surface area contributed by atoms with Gasteiger partial charge in [-0.1, -0.05) is 30.3 Å². The first-order valence-corrected chi connectivity index (χ1v) is 12.5. The van der Waals surface area contributed by atoms with Crippen LogP contribution >= 0.6 is 0 Å². The van der Waals surface area contributed by atoms with Gasteiger partial charge in [-0.25, -0.2) is 4.79 Å². The van der Waals surface area contributed by atoms with Crippen LogP contribution in [-0.4, -0.2) is 62.9 Å². The Labute approximate surface area is 217 Å². The molecule has 2 amide bonds. The van der Waals surface area contributed by atoms with Gasteiger partial charge in [-0.05, 0) is 49.2 Å². The van der Waals surface area contributed by atoms with Crippen molar-refractivity contribution < 1.29 is 18.0 Å². The van der Waals surface area contributed by atoms with Gasteiger partial charge in [0.2, 0.25) is 0 Å². The number of carbonyl (C=O) groups excluding carboxylic acids is 1. The molecule has 38 heavy (non-hydrogen) atoms. The van der Waals surface area contributed by atoms with Crippen LogP contribution in [0.3, 0.4) is 0 Å². The molecule has 2 atom stereocenters. The van der Waals surface area contributed by atoms with E-state index in [-0.39, 0.29) is 25.0 Å². The number of carbonyl (C=O) groups is 1. The van der Waals surface area contributed by atoms with Crippen LogP contribution in [0.25, 0.3) is 22.2 Å². The SMILES string of the molecule is Cc1cc(-c2n[nH]c3cc4c(cc23)CN([C@@H]2CN(CC(F)(F)F)CC2c2ccccc2)C(=O)N4)cc(C)n1. The van der Waals surface area contributed by atoms with E-state index in [1.54, 1.807) is 4.90 Å². The third-order valence-electron chi connectivity index (χ3n) is 7.38. The van der Waals surface area contributed by atoms with Crippen molar-refractivity contribution in [1.29, 1.82) is 0 Å². The number of rotatable bonds is 4. The normalized spacial score (nSPS) is 20.1. The van der Waals surface area contributed by atoms with Gasteiger partial charge >= 0.3 is 12.2 Å². The van der Waals surface area contributed by atoms with E-state index < -0.39 is 18.8 Å². The van der Waals surface area contributed by atoms with Crippen LogP contribution in [0.15, 0.2) is 54.6 Å². The maximum atomic E-state index is 13.3. The van der Waals surface area contributed by atoms with Crippen LogP contribution in [0.2, 0.25) is 0 Å². The number of nitrogens with one attached hydrogen (secondary N) is 2. The second-order valence-electron chi connectivity index (χ2n) is 10.2. The maximum Gasteiger partial charge on any atom is 0.401 e. The summed E-state index contributed by atoms with van der Waals surface area (Å²) in [5.41, 5.74) is 6.81. The smallest absolute Gasteiger partial charge is 0.315 e. The summed E-state index contributed by atoms with van der Waals surface area (Å²) in [7, 11) is 0. The van der Waals surface area contributed by atoms with Gasteiger partial charge in [-0.2, -0.15) is 18.3 Å². The van der Waals surface area contributed by atoms with Crippen LogP contribution in [0, 0.1) is 13.8 Å². The number of anilines is 1. The molecule has 6 rings (SSSR count). The third kappa shape index (κ3) is 4.60. The van der Waals surface area contributed by atoms with Crippen LogP contribution in [0.5, 0.6) is 0 Å². The number of pyridine rings is 1. The molecule has 0 aliphatic carbocycles. The molecule has 2 aromatic heterocycles. The number of aryl methyl sites for hydroxylation is 2. The van der Waals surface area contributed by atoms with Gasteiger partial charge in [-0.3, -0.25) is 15.0 Å². The first kappa shape index (κ1) is 24.4. The minimum atomic E-state index is -4.31. The molecule has 2 aliphatic heterocycles. The Hall–Kier alpha value is -3.92. The number of nitrogens with zero attached hydrogens (tertiary/aromatic N) is 4. The van der Waals surface area contributed by atoms with Crippen LogP contribution in [0.4, 0.5) is 23.7 Å². The van der Waals surface area contributed by atoms with Crippen molar-refractivity contribution in [3.8, 4) is 11.3 Å². The largest absolute Gasteiger partial charge is 0.401 e. The Bertz CT molecular complexity index is 1500. The highest BCUT2D eigenvalue weighted by atomic mass is 19.4. The van der Waals surface area contributed by atoms with Crippen molar-refractivity contribution in [2.45, 2.75) is 38.5 Å². The number of likely N-dealkylation sites (tertiary alicyclic amines) is 1. The average Bonchev–Trinajstić information content (AvgIpc) is 3.45. The molecular weight excluding hydrogens is 493 g/mol. The zero-order chi connectivity index (χ0) is 26.6. The molecule has 0 bridgehead atoms. The molecule has 1 saturated heterocycles. The van der Waals surface area contributed by atoms with Crippen molar-refractivity contribution in [3.63, 3.8) is 0 Å². The Morgan fingerprint density at radius 2 is 1.76 bits per heavy atom. The van der Waals surface area contributed by atoms with Crippen molar-refractivity contribution in [2.75, 3.05) is 25.0 Å². The van der Waals surface area contributed by atoms with Crippen molar-refractivity contribution in [3.05, 3.63) is 77.1 Å². The van der Waals surface area contributed by atoms with E-state index in [0.717, 1.165) is 44.7 Å². The van der Waals surface area contributed by atoms with Crippen molar-refractivity contribution >= 4 is 22.6 Å². The molecular formula is C28H27F3N6O. The molecule has 10 heteroatoms. The van der Waals surface area contributed by atoms with E-state index in [1.807, 2.05) is 68.4 Å². The molecule has 1 fully saturated rings. The Morgan fingerprint density at radius 1 is 1.03 bits per heavy atom. The van der Waals surface area contributed by atoms with Gasteiger partial charge in [0.05, 0.1) is 18.1 Å². The Kier molecular flexibility index (Phi) is 5.86. The minimum absolute atomic E-state index is 0.149. The highest BCUT2D eigenvalue weighted by molar-refractivity contribution is 6.00. The number of urea groups is 1. The highest BCUT2D eigenvalue weighted by Gasteiger charge is 2.44. The number of alkyl halides is 3. The lowest BCUT2D eigenvalue weighted by Gasteiger charge is -2.36. The van der Waals surface area contributed by atoms with Crippen LogP contribution in [0.1, 0.15) is 28.4 Å². The number of hydrogen-bond donors (Lipinski definition) is 2. The van der Waals surface area contributed by atoms with E-state index >= 15 is 0 Å². The van der Waals surface area contributed by atoms with Crippen LogP contribution in [-0.2, 0) is 6.54 Å². The molecule has 4 heterocycles. The number of aromatic amines is 1. The second-order valence-corrected chi connectivity index (χ2v) is 10.2. The van der Waals surface area contributed by atoms with Gasteiger partial charge in [0.15, 0.2) is 0 Å². The van der Waals surface area contributed by atoms with E-state index in [0.29, 0.717) is 12.2 Å². The summed E-state index contributed by atoms with van der Waals surface area (Å²) in [4.78, 5) is 20.8. The number of amides is 2. The van der Waals surface area contributed by atoms with E-state index in [2.05, 4.69) is 20.5 Å². The van der Waals surface area contributed by atoms with E-state index in [9.17, 15) is 18.0 Å². The molecule has 2 N–H and O–H groups in total. The molecule has 4 aromatic rings. The summed E-state index contributed by atoms with van der Waals surface area (Å²) >= 11 is 0. The monoisotopic (exact) mass is 520 g/mol.